The van der Waals surface area contributed by atoms with Crippen molar-refractivity contribution in [3.63, 3.8) is 0 Å². The van der Waals surface area contributed by atoms with Crippen LogP contribution in [0.5, 0.6) is 0 Å². The molecule has 0 aromatic heterocycles. The molecule has 1 heterocycles. The van der Waals surface area contributed by atoms with Gasteiger partial charge in [-0.15, -0.1) is 0 Å². The number of nitrogens with zero attached hydrogens (tertiary/aromatic N) is 1. The van der Waals surface area contributed by atoms with Gasteiger partial charge >= 0.3 is 12.0 Å². The lowest BCUT2D eigenvalue weighted by atomic mass is 9.84. The van der Waals surface area contributed by atoms with E-state index in [1.807, 2.05) is 13.8 Å². The van der Waals surface area contributed by atoms with Gasteiger partial charge in [0.1, 0.15) is 0 Å². The van der Waals surface area contributed by atoms with Crippen molar-refractivity contribution in [2.45, 2.75) is 33.1 Å². The largest absolute Gasteiger partial charge is 0.481 e. The average Bonchev–Trinajstić information content (AvgIpc) is 2.37. The van der Waals surface area contributed by atoms with Gasteiger partial charge in [-0.2, -0.15) is 0 Å². The molecule has 1 rings (SSSR count). The molecule has 0 spiro atoms. The lowest BCUT2D eigenvalue weighted by molar-refractivity contribution is -0.137. The first kappa shape index (κ1) is 15.8. The van der Waals surface area contributed by atoms with E-state index < -0.39 is 5.97 Å². The highest BCUT2D eigenvalue weighted by atomic mass is 16.5. The summed E-state index contributed by atoms with van der Waals surface area (Å²) >= 11 is 0. The maximum Gasteiger partial charge on any atom is 0.317 e. The van der Waals surface area contributed by atoms with E-state index in [-0.39, 0.29) is 17.9 Å². The first-order chi connectivity index (χ1) is 8.91. The number of morpholine rings is 1. The zero-order chi connectivity index (χ0) is 14.3. The van der Waals surface area contributed by atoms with E-state index in [9.17, 15) is 9.59 Å². The van der Waals surface area contributed by atoms with Crippen molar-refractivity contribution in [3.05, 3.63) is 0 Å². The Balaban J connectivity index is 2.20. The van der Waals surface area contributed by atoms with Crippen molar-refractivity contribution >= 4 is 12.0 Å². The predicted octanol–water partition coefficient (Wildman–Crippen LogP) is 1.31. The smallest absolute Gasteiger partial charge is 0.317 e. The van der Waals surface area contributed by atoms with Gasteiger partial charge in [-0.1, -0.05) is 13.8 Å². The van der Waals surface area contributed by atoms with E-state index >= 15 is 0 Å². The van der Waals surface area contributed by atoms with Gasteiger partial charge in [0.25, 0.3) is 0 Å². The third-order valence-electron chi connectivity index (χ3n) is 3.39. The zero-order valence-corrected chi connectivity index (χ0v) is 11.8. The number of carboxylic acids is 1. The van der Waals surface area contributed by atoms with E-state index in [0.717, 1.165) is 6.42 Å². The standard InChI is InChI=1S/C13H24N2O4/c1-13(2,4-3-11(16)17)5-6-14-12(18)15-7-9-19-10-8-15/h3-10H2,1-2H3,(H,14,18)(H,16,17). The Kier molecular flexibility index (Phi) is 6.08. The van der Waals surface area contributed by atoms with Crippen LogP contribution in [0.1, 0.15) is 33.1 Å². The maximum absolute atomic E-state index is 11.8. The molecule has 1 saturated heterocycles. The Labute approximate surface area is 114 Å². The van der Waals surface area contributed by atoms with Gasteiger partial charge in [-0.3, -0.25) is 4.79 Å². The van der Waals surface area contributed by atoms with Crippen LogP contribution in [-0.2, 0) is 9.53 Å². The average molecular weight is 272 g/mol. The van der Waals surface area contributed by atoms with Crippen molar-refractivity contribution in [1.82, 2.24) is 10.2 Å². The molecule has 19 heavy (non-hydrogen) atoms. The number of ether oxygens (including phenoxy) is 1. The number of carboxylic acid groups (broad SMARTS) is 1. The Hall–Kier alpha value is -1.30. The second-order valence-electron chi connectivity index (χ2n) is 5.64. The van der Waals surface area contributed by atoms with E-state index in [1.54, 1.807) is 4.90 Å². The van der Waals surface area contributed by atoms with E-state index in [0.29, 0.717) is 39.3 Å². The normalized spacial score (nSPS) is 16.2. The van der Waals surface area contributed by atoms with Gasteiger partial charge in [0.05, 0.1) is 13.2 Å². The lowest BCUT2D eigenvalue weighted by Gasteiger charge is -2.28. The van der Waals surface area contributed by atoms with E-state index in [1.165, 1.54) is 0 Å². The molecule has 0 aromatic rings. The van der Waals surface area contributed by atoms with Gasteiger partial charge in [0.15, 0.2) is 0 Å². The Morgan fingerprint density at radius 2 is 1.89 bits per heavy atom. The molecule has 0 aromatic carbocycles. The molecule has 6 heteroatoms. The SMILES string of the molecule is CC(C)(CCNC(=O)N1CCOCC1)CCC(=O)O. The minimum Gasteiger partial charge on any atom is -0.481 e. The van der Waals surface area contributed by atoms with Crippen LogP contribution in [0.4, 0.5) is 4.79 Å². The molecule has 6 nitrogen and oxygen atoms in total. The summed E-state index contributed by atoms with van der Waals surface area (Å²) in [6.45, 7) is 7.08. The van der Waals surface area contributed by atoms with E-state index in [2.05, 4.69) is 5.32 Å². The summed E-state index contributed by atoms with van der Waals surface area (Å²) in [6.07, 6.45) is 1.57. The highest BCUT2D eigenvalue weighted by Crippen LogP contribution is 2.25. The minimum absolute atomic E-state index is 0.0580. The molecule has 1 aliphatic heterocycles. The Morgan fingerprint density at radius 3 is 2.47 bits per heavy atom. The molecule has 2 amide bonds. The van der Waals surface area contributed by atoms with Crippen molar-refractivity contribution in [3.8, 4) is 0 Å². The number of rotatable bonds is 6. The van der Waals surface area contributed by atoms with E-state index in [4.69, 9.17) is 9.84 Å². The summed E-state index contributed by atoms with van der Waals surface area (Å²) in [7, 11) is 0. The van der Waals surface area contributed by atoms with Crippen LogP contribution in [0, 0.1) is 5.41 Å². The molecular weight excluding hydrogens is 248 g/mol. The third kappa shape index (κ3) is 6.42. The van der Waals surface area contributed by atoms with Crippen molar-refractivity contribution in [2.75, 3.05) is 32.8 Å². The van der Waals surface area contributed by atoms with Crippen molar-refractivity contribution < 1.29 is 19.4 Å². The van der Waals surface area contributed by atoms with Gasteiger partial charge in [-0.05, 0) is 18.3 Å². The zero-order valence-electron chi connectivity index (χ0n) is 11.8. The fourth-order valence-electron chi connectivity index (χ4n) is 1.96. The molecule has 0 radical (unpaired) electrons. The van der Waals surface area contributed by atoms with Crippen LogP contribution in [0.15, 0.2) is 0 Å². The topological polar surface area (TPSA) is 78.9 Å². The van der Waals surface area contributed by atoms with Crippen LogP contribution >= 0.6 is 0 Å². The van der Waals surface area contributed by atoms with Gasteiger partial charge in [-0.25, -0.2) is 4.79 Å². The molecule has 1 fully saturated rings. The lowest BCUT2D eigenvalue weighted by Crippen LogP contribution is -2.46. The molecule has 1 aliphatic rings. The first-order valence-corrected chi connectivity index (χ1v) is 6.73. The highest BCUT2D eigenvalue weighted by molar-refractivity contribution is 5.74. The number of amides is 2. The molecule has 0 atom stereocenters. The number of nitrogens with one attached hydrogen (secondary N) is 1. The maximum atomic E-state index is 11.8. The summed E-state index contributed by atoms with van der Waals surface area (Å²) in [6, 6.07) is -0.0580. The monoisotopic (exact) mass is 272 g/mol. The van der Waals surface area contributed by atoms with Crippen molar-refractivity contribution in [1.29, 1.82) is 0 Å². The Morgan fingerprint density at radius 1 is 1.26 bits per heavy atom. The molecule has 0 aliphatic carbocycles. The van der Waals surface area contributed by atoms with Crippen LogP contribution in [0.3, 0.4) is 0 Å². The molecule has 0 unspecified atom stereocenters. The Bertz CT molecular complexity index is 312. The number of urea groups is 1. The summed E-state index contributed by atoms with van der Waals surface area (Å²) in [5.74, 6) is -0.773. The summed E-state index contributed by atoms with van der Waals surface area (Å²) in [5.41, 5.74) is -0.0727. The molecular formula is C13H24N2O4. The first-order valence-electron chi connectivity index (χ1n) is 6.73. The molecule has 0 saturated carbocycles. The highest BCUT2D eigenvalue weighted by Gasteiger charge is 2.21. The second kappa shape index (κ2) is 7.33. The van der Waals surface area contributed by atoms with Gasteiger partial charge < -0.3 is 20.1 Å². The number of aliphatic carboxylic acids is 1. The number of hydrogen-bond acceptors (Lipinski definition) is 3. The van der Waals surface area contributed by atoms with Crippen LogP contribution < -0.4 is 5.32 Å². The van der Waals surface area contributed by atoms with Crippen molar-refractivity contribution in [2.24, 2.45) is 5.41 Å². The second-order valence-corrected chi connectivity index (χ2v) is 5.64. The fraction of sp³-hybridized carbons (Fsp3) is 0.846. The minimum atomic E-state index is -0.773. The third-order valence-corrected chi connectivity index (χ3v) is 3.39. The quantitative estimate of drug-likeness (QED) is 0.764. The molecule has 110 valence electrons. The van der Waals surface area contributed by atoms with Crippen LogP contribution in [0.25, 0.3) is 0 Å². The predicted molar refractivity (Wildman–Crippen MR) is 71.1 cm³/mol. The number of carbonyl (C=O) groups is 2. The van der Waals surface area contributed by atoms with Crippen LogP contribution in [0.2, 0.25) is 0 Å². The number of hydrogen-bond donors (Lipinski definition) is 2. The summed E-state index contributed by atoms with van der Waals surface area (Å²) < 4.78 is 5.19. The molecule has 2 N–H and O–H groups in total. The molecule has 0 bridgehead atoms. The fourth-order valence-corrected chi connectivity index (χ4v) is 1.96. The number of carbonyl (C=O) groups excluding carboxylic acids is 1. The summed E-state index contributed by atoms with van der Waals surface area (Å²) in [4.78, 5) is 24.1. The van der Waals surface area contributed by atoms with Gasteiger partial charge in [0, 0.05) is 26.1 Å². The van der Waals surface area contributed by atoms with Gasteiger partial charge in [0.2, 0.25) is 0 Å². The summed E-state index contributed by atoms with van der Waals surface area (Å²) in [5, 5.41) is 11.6. The van der Waals surface area contributed by atoms with Crippen LogP contribution in [-0.4, -0.2) is 54.9 Å².